The molecule has 1 aromatic heterocycles. The van der Waals surface area contributed by atoms with E-state index in [4.69, 9.17) is 16.3 Å². The zero-order valence-corrected chi connectivity index (χ0v) is 10.1. The zero-order valence-electron chi connectivity index (χ0n) is 8.52. The van der Waals surface area contributed by atoms with Gasteiger partial charge in [-0.2, -0.15) is 0 Å². The minimum atomic E-state index is -0.479. The normalized spacial score (nSPS) is 12.7. The van der Waals surface area contributed by atoms with Crippen LogP contribution in [-0.4, -0.2) is 35.2 Å². The molecule has 0 amide bonds. The summed E-state index contributed by atoms with van der Waals surface area (Å²) >= 11 is 7.35. The number of halogens is 1. The number of hydrogen-bond donors (Lipinski definition) is 1. The Bertz CT molecular complexity index is 299. The van der Waals surface area contributed by atoms with Gasteiger partial charge in [-0.15, -0.1) is 11.8 Å². The Labute approximate surface area is 98.8 Å². The SMILES string of the molecule is CCOCC(O)CSc1ncccc1Cl. The first kappa shape index (κ1) is 12.8. The second-order valence-corrected chi connectivity index (χ2v) is 4.33. The second kappa shape index (κ2) is 7.06. The summed E-state index contributed by atoms with van der Waals surface area (Å²) in [6.07, 6.45) is 1.20. The molecule has 0 aliphatic carbocycles. The largest absolute Gasteiger partial charge is 0.390 e. The number of hydrogen-bond acceptors (Lipinski definition) is 4. The molecule has 15 heavy (non-hydrogen) atoms. The number of thioether (sulfide) groups is 1. The van der Waals surface area contributed by atoms with Crippen molar-refractivity contribution in [1.82, 2.24) is 4.98 Å². The van der Waals surface area contributed by atoms with E-state index in [0.717, 1.165) is 5.03 Å². The van der Waals surface area contributed by atoms with Gasteiger partial charge < -0.3 is 9.84 Å². The Balaban J connectivity index is 2.33. The lowest BCUT2D eigenvalue weighted by molar-refractivity contribution is 0.0551. The van der Waals surface area contributed by atoms with E-state index in [0.29, 0.717) is 24.0 Å². The highest BCUT2D eigenvalue weighted by Crippen LogP contribution is 2.24. The van der Waals surface area contributed by atoms with Crippen molar-refractivity contribution in [1.29, 1.82) is 0 Å². The molecule has 5 heteroatoms. The Morgan fingerprint density at radius 3 is 3.13 bits per heavy atom. The average Bonchev–Trinajstić information content (AvgIpc) is 2.25. The Hall–Kier alpha value is -0.290. The summed E-state index contributed by atoms with van der Waals surface area (Å²) < 4.78 is 5.10. The average molecular weight is 248 g/mol. The third kappa shape index (κ3) is 4.84. The number of aromatic nitrogens is 1. The molecule has 1 aromatic rings. The number of aliphatic hydroxyl groups excluding tert-OH is 1. The highest BCUT2D eigenvalue weighted by Gasteiger charge is 2.07. The maximum absolute atomic E-state index is 9.52. The van der Waals surface area contributed by atoms with Crippen LogP contribution in [0, 0.1) is 0 Å². The van der Waals surface area contributed by atoms with Crippen LogP contribution in [-0.2, 0) is 4.74 Å². The van der Waals surface area contributed by atoms with Crippen molar-refractivity contribution in [3.63, 3.8) is 0 Å². The second-order valence-electron chi connectivity index (χ2n) is 2.91. The first-order chi connectivity index (χ1) is 7.24. The first-order valence-electron chi connectivity index (χ1n) is 4.73. The molecule has 0 saturated heterocycles. The minimum absolute atomic E-state index is 0.355. The minimum Gasteiger partial charge on any atom is -0.390 e. The van der Waals surface area contributed by atoms with Crippen molar-refractivity contribution in [2.24, 2.45) is 0 Å². The van der Waals surface area contributed by atoms with E-state index in [1.807, 2.05) is 6.92 Å². The molecule has 0 aliphatic heterocycles. The monoisotopic (exact) mass is 247 g/mol. The molecule has 1 heterocycles. The van der Waals surface area contributed by atoms with Crippen LogP contribution in [0.1, 0.15) is 6.92 Å². The molecule has 0 aliphatic rings. The molecule has 3 nitrogen and oxygen atoms in total. The quantitative estimate of drug-likeness (QED) is 0.783. The topological polar surface area (TPSA) is 42.4 Å². The lowest BCUT2D eigenvalue weighted by Gasteiger charge is -2.09. The standard InChI is InChI=1S/C10H14ClNO2S/c1-2-14-6-8(13)7-15-10-9(11)4-3-5-12-10/h3-5,8,13H,2,6-7H2,1H3. The fraction of sp³-hybridized carbons (Fsp3) is 0.500. The third-order valence-corrected chi connectivity index (χ3v) is 3.22. The van der Waals surface area contributed by atoms with Crippen LogP contribution in [0.2, 0.25) is 5.02 Å². The maximum atomic E-state index is 9.52. The van der Waals surface area contributed by atoms with Crippen molar-refractivity contribution in [3.8, 4) is 0 Å². The van der Waals surface area contributed by atoms with Crippen molar-refractivity contribution in [2.45, 2.75) is 18.1 Å². The molecule has 1 rings (SSSR count). The molecule has 0 saturated carbocycles. The van der Waals surface area contributed by atoms with Crippen LogP contribution in [0.3, 0.4) is 0 Å². The fourth-order valence-corrected chi connectivity index (χ4v) is 2.03. The molecule has 0 aromatic carbocycles. The predicted molar refractivity (Wildman–Crippen MR) is 62.5 cm³/mol. The highest BCUT2D eigenvalue weighted by atomic mass is 35.5. The van der Waals surface area contributed by atoms with Gasteiger partial charge in [0.05, 0.1) is 17.7 Å². The van der Waals surface area contributed by atoms with Crippen LogP contribution < -0.4 is 0 Å². The van der Waals surface area contributed by atoms with Gasteiger partial charge in [-0.3, -0.25) is 0 Å². The molecule has 1 N–H and O–H groups in total. The zero-order chi connectivity index (χ0) is 11.1. The highest BCUT2D eigenvalue weighted by molar-refractivity contribution is 7.99. The first-order valence-corrected chi connectivity index (χ1v) is 6.09. The molecule has 0 radical (unpaired) electrons. The number of rotatable bonds is 6. The molecule has 1 unspecified atom stereocenters. The molecular formula is C10H14ClNO2S. The van der Waals surface area contributed by atoms with Gasteiger partial charge in [-0.1, -0.05) is 11.6 Å². The molecular weight excluding hydrogens is 234 g/mol. The number of aliphatic hydroxyl groups is 1. The molecule has 1 atom stereocenters. The Kier molecular flexibility index (Phi) is 6.02. The predicted octanol–water partition coefficient (Wildman–Crippen LogP) is 2.22. The molecule has 0 fully saturated rings. The number of nitrogens with zero attached hydrogens (tertiary/aromatic N) is 1. The van der Waals surface area contributed by atoms with Gasteiger partial charge in [0.15, 0.2) is 0 Å². The van der Waals surface area contributed by atoms with Crippen molar-refractivity contribution in [3.05, 3.63) is 23.4 Å². The summed E-state index contributed by atoms with van der Waals surface area (Å²) in [7, 11) is 0. The summed E-state index contributed by atoms with van der Waals surface area (Å²) in [4.78, 5) is 4.11. The Morgan fingerprint density at radius 1 is 1.67 bits per heavy atom. The van der Waals surface area contributed by atoms with E-state index < -0.39 is 6.10 Å². The van der Waals surface area contributed by atoms with Crippen LogP contribution in [0.25, 0.3) is 0 Å². The van der Waals surface area contributed by atoms with E-state index >= 15 is 0 Å². The molecule has 0 bridgehead atoms. The number of pyridine rings is 1. The summed E-state index contributed by atoms with van der Waals surface area (Å²) in [5.41, 5.74) is 0. The van der Waals surface area contributed by atoms with Crippen LogP contribution >= 0.6 is 23.4 Å². The third-order valence-electron chi connectivity index (χ3n) is 1.65. The van der Waals surface area contributed by atoms with Gasteiger partial charge in [0.1, 0.15) is 5.03 Å². The van der Waals surface area contributed by atoms with Gasteiger partial charge in [-0.05, 0) is 19.1 Å². The lowest BCUT2D eigenvalue weighted by Crippen LogP contribution is -2.17. The Morgan fingerprint density at radius 2 is 2.47 bits per heavy atom. The van der Waals surface area contributed by atoms with Gasteiger partial charge >= 0.3 is 0 Å². The van der Waals surface area contributed by atoms with Crippen molar-refractivity contribution < 1.29 is 9.84 Å². The summed E-state index contributed by atoms with van der Waals surface area (Å²) in [5.74, 6) is 0.538. The maximum Gasteiger partial charge on any atom is 0.115 e. The van der Waals surface area contributed by atoms with E-state index in [2.05, 4.69) is 4.98 Å². The van der Waals surface area contributed by atoms with Crippen LogP contribution in [0.4, 0.5) is 0 Å². The van der Waals surface area contributed by atoms with Gasteiger partial charge in [0.25, 0.3) is 0 Å². The van der Waals surface area contributed by atoms with Crippen molar-refractivity contribution >= 4 is 23.4 Å². The smallest absolute Gasteiger partial charge is 0.115 e. The van der Waals surface area contributed by atoms with Gasteiger partial charge in [-0.25, -0.2) is 4.98 Å². The summed E-state index contributed by atoms with van der Waals surface area (Å²) in [6.45, 7) is 2.87. The van der Waals surface area contributed by atoms with Gasteiger partial charge in [0.2, 0.25) is 0 Å². The lowest BCUT2D eigenvalue weighted by atomic mass is 10.4. The fourth-order valence-electron chi connectivity index (χ4n) is 0.955. The van der Waals surface area contributed by atoms with Crippen LogP contribution in [0.5, 0.6) is 0 Å². The van der Waals surface area contributed by atoms with E-state index in [-0.39, 0.29) is 0 Å². The van der Waals surface area contributed by atoms with E-state index in [1.54, 1.807) is 18.3 Å². The van der Waals surface area contributed by atoms with Gasteiger partial charge in [0, 0.05) is 18.6 Å². The molecule has 84 valence electrons. The van der Waals surface area contributed by atoms with E-state index in [9.17, 15) is 5.11 Å². The van der Waals surface area contributed by atoms with Crippen molar-refractivity contribution in [2.75, 3.05) is 19.0 Å². The summed E-state index contributed by atoms with van der Waals surface area (Å²) in [5, 5.41) is 10.9. The van der Waals surface area contributed by atoms with Crippen LogP contribution in [0.15, 0.2) is 23.4 Å². The summed E-state index contributed by atoms with van der Waals surface area (Å²) in [6, 6.07) is 3.56. The molecule has 0 spiro atoms. The van der Waals surface area contributed by atoms with E-state index in [1.165, 1.54) is 11.8 Å². The number of ether oxygens (including phenoxy) is 1.